The predicted octanol–water partition coefficient (Wildman–Crippen LogP) is 2.08. The van der Waals surface area contributed by atoms with Gasteiger partial charge in [0.2, 0.25) is 15.9 Å². The number of amides is 1. The van der Waals surface area contributed by atoms with Gasteiger partial charge in [-0.05, 0) is 44.4 Å². The quantitative estimate of drug-likeness (QED) is 0.816. The maximum absolute atomic E-state index is 14.0. The van der Waals surface area contributed by atoms with Gasteiger partial charge in [-0.25, -0.2) is 12.8 Å². The highest BCUT2D eigenvalue weighted by molar-refractivity contribution is 7.88. The summed E-state index contributed by atoms with van der Waals surface area (Å²) >= 11 is 0. The first kappa shape index (κ1) is 19.3. The van der Waals surface area contributed by atoms with Gasteiger partial charge in [0, 0.05) is 25.2 Å². The van der Waals surface area contributed by atoms with Crippen molar-refractivity contribution in [1.82, 2.24) is 9.62 Å². The van der Waals surface area contributed by atoms with E-state index < -0.39 is 21.4 Å². The molecule has 0 atom stereocenters. The second-order valence-corrected chi connectivity index (χ2v) is 9.65. The van der Waals surface area contributed by atoms with Crippen molar-refractivity contribution in [3.05, 3.63) is 29.6 Å². The molecule has 6 nitrogen and oxygen atoms in total. The van der Waals surface area contributed by atoms with Crippen molar-refractivity contribution >= 4 is 21.6 Å². The summed E-state index contributed by atoms with van der Waals surface area (Å²) in [5, 5.41) is 5.56. The van der Waals surface area contributed by atoms with Gasteiger partial charge in [0.15, 0.2) is 0 Å². The molecular weight excluding hydrogens is 357 g/mol. The van der Waals surface area contributed by atoms with Crippen molar-refractivity contribution in [2.24, 2.45) is 5.92 Å². The van der Waals surface area contributed by atoms with Crippen molar-refractivity contribution < 1.29 is 17.6 Å². The molecule has 1 aromatic rings. The van der Waals surface area contributed by atoms with E-state index in [4.69, 9.17) is 0 Å². The Balaban J connectivity index is 1.76. The van der Waals surface area contributed by atoms with E-state index in [-0.39, 0.29) is 23.3 Å². The van der Waals surface area contributed by atoms with E-state index >= 15 is 0 Å². The van der Waals surface area contributed by atoms with Gasteiger partial charge in [-0.2, -0.15) is 4.31 Å². The summed E-state index contributed by atoms with van der Waals surface area (Å²) in [6.45, 7) is 5.53. The molecule has 0 aromatic heterocycles. The van der Waals surface area contributed by atoms with E-state index in [9.17, 15) is 17.6 Å². The molecule has 2 aliphatic heterocycles. The van der Waals surface area contributed by atoms with E-state index in [1.165, 1.54) is 18.2 Å². The number of halogens is 1. The Morgan fingerprint density at radius 3 is 2.69 bits per heavy atom. The first-order chi connectivity index (χ1) is 12.2. The van der Waals surface area contributed by atoms with Crippen LogP contribution >= 0.6 is 0 Å². The van der Waals surface area contributed by atoms with Crippen molar-refractivity contribution in [2.45, 2.75) is 44.4 Å². The number of hydrogen-bond donors (Lipinski definition) is 2. The fourth-order valence-corrected chi connectivity index (χ4v) is 5.52. The summed E-state index contributed by atoms with van der Waals surface area (Å²) in [7, 11) is -3.52. The van der Waals surface area contributed by atoms with Crippen LogP contribution in [0.3, 0.4) is 0 Å². The number of rotatable bonds is 5. The Labute approximate surface area is 154 Å². The molecule has 0 unspecified atom stereocenters. The number of hydrogen-bond acceptors (Lipinski definition) is 4. The Hall–Kier alpha value is -1.51. The SMILES string of the molecule is CC1(C)CCCCN1S(=O)(=O)Cc1ccc(F)c(NC(=O)C2CNC2)c1. The first-order valence-corrected chi connectivity index (χ1v) is 10.6. The molecule has 3 rings (SSSR count). The van der Waals surface area contributed by atoms with Gasteiger partial charge in [0.25, 0.3) is 0 Å². The van der Waals surface area contributed by atoms with Gasteiger partial charge in [-0.15, -0.1) is 0 Å². The van der Waals surface area contributed by atoms with E-state index in [1.54, 1.807) is 4.31 Å². The van der Waals surface area contributed by atoms with Crippen LogP contribution in [0.25, 0.3) is 0 Å². The standard InChI is InChI=1S/C18H26FN3O3S/c1-18(2)7-3-4-8-22(18)26(24,25)12-13-5-6-15(19)16(9-13)21-17(23)14-10-20-11-14/h5-6,9,14,20H,3-4,7-8,10-12H2,1-2H3,(H,21,23). The smallest absolute Gasteiger partial charge is 0.230 e. The summed E-state index contributed by atoms with van der Waals surface area (Å²) in [5.74, 6) is -1.19. The third kappa shape index (κ3) is 4.07. The highest BCUT2D eigenvalue weighted by atomic mass is 32.2. The molecule has 2 saturated heterocycles. The maximum Gasteiger partial charge on any atom is 0.230 e. The Bertz CT molecular complexity index is 791. The molecule has 0 bridgehead atoms. The lowest BCUT2D eigenvalue weighted by Gasteiger charge is -2.41. The molecule has 2 N–H and O–H groups in total. The molecule has 8 heteroatoms. The Morgan fingerprint density at radius 1 is 1.35 bits per heavy atom. The van der Waals surface area contributed by atoms with E-state index in [0.29, 0.717) is 25.2 Å². The topological polar surface area (TPSA) is 78.5 Å². The zero-order valence-corrected chi connectivity index (χ0v) is 16.0. The van der Waals surface area contributed by atoms with Crippen LogP contribution in [-0.4, -0.2) is 43.8 Å². The Kier molecular flexibility index (Phi) is 5.37. The second kappa shape index (κ2) is 7.25. The molecule has 0 radical (unpaired) electrons. The summed E-state index contributed by atoms with van der Waals surface area (Å²) in [6, 6.07) is 4.10. The highest BCUT2D eigenvalue weighted by Crippen LogP contribution is 2.31. The first-order valence-electron chi connectivity index (χ1n) is 8.99. The molecule has 0 saturated carbocycles. The van der Waals surface area contributed by atoms with Crippen molar-refractivity contribution in [3.8, 4) is 0 Å². The Morgan fingerprint density at radius 2 is 2.08 bits per heavy atom. The van der Waals surface area contributed by atoms with Crippen molar-refractivity contribution in [2.75, 3.05) is 25.0 Å². The zero-order chi connectivity index (χ0) is 18.9. The average molecular weight is 383 g/mol. The van der Waals surface area contributed by atoms with Crippen molar-refractivity contribution in [3.63, 3.8) is 0 Å². The van der Waals surface area contributed by atoms with Crippen LogP contribution in [0.2, 0.25) is 0 Å². The summed E-state index contributed by atoms with van der Waals surface area (Å²) in [5.41, 5.74) is 0.0908. The van der Waals surface area contributed by atoms with Gasteiger partial charge in [-0.1, -0.05) is 12.5 Å². The van der Waals surface area contributed by atoms with E-state index in [1.807, 2.05) is 13.8 Å². The second-order valence-electron chi connectivity index (χ2n) is 7.76. The molecule has 0 spiro atoms. The fraction of sp³-hybridized carbons (Fsp3) is 0.611. The maximum atomic E-state index is 14.0. The lowest BCUT2D eigenvalue weighted by molar-refractivity contribution is -0.121. The lowest BCUT2D eigenvalue weighted by atomic mass is 9.93. The van der Waals surface area contributed by atoms with Crippen molar-refractivity contribution in [1.29, 1.82) is 0 Å². The van der Waals surface area contributed by atoms with Crippen LogP contribution in [0.4, 0.5) is 10.1 Å². The molecule has 1 amide bonds. The van der Waals surface area contributed by atoms with Crippen LogP contribution in [-0.2, 0) is 20.6 Å². The fourth-order valence-electron chi connectivity index (χ4n) is 3.51. The van der Waals surface area contributed by atoms with Gasteiger partial charge in [-0.3, -0.25) is 4.79 Å². The van der Waals surface area contributed by atoms with Crippen LogP contribution in [0.1, 0.15) is 38.7 Å². The zero-order valence-electron chi connectivity index (χ0n) is 15.2. The van der Waals surface area contributed by atoms with Crippen LogP contribution < -0.4 is 10.6 Å². The highest BCUT2D eigenvalue weighted by Gasteiger charge is 2.38. The number of anilines is 1. The number of carbonyl (C=O) groups is 1. The molecule has 1 aromatic carbocycles. The number of nitrogens with zero attached hydrogens (tertiary/aromatic N) is 1. The molecule has 0 aliphatic carbocycles. The molecule has 2 aliphatic rings. The average Bonchev–Trinajstić information content (AvgIpc) is 2.47. The number of carbonyl (C=O) groups excluding carboxylic acids is 1. The van der Waals surface area contributed by atoms with Gasteiger partial charge >= 0.3 is 0 Å². The number of piperidine rings is 1. The summed E-state index contributed by atoms with van der Waals surface area (Å²) in [6.07, 6.45) is 2.69. The summed E-state index contributed by atoms with van der Waals surface area (Å²) in [4.78, 5) is 12.0. The molecule has 26 heavy (non-hydrogen) atoms. The molecule has 2 heterocycles. The number of nitrogens with one attached hydrogen (secondary N) is 2. The minimum Gasteiger partial charge on any atom is -0.323 e. The largest absolute Gasteiger partial charge is 0.323 e. The number of benzene rings is 1. The predicted molar refractivity (Wildman–Crippen MR) is 98.6 cm³/mol. The molecule has 2 fully saturated rings. The van der Waals surface area contributed by atoms with Gasteiger partial charge in [0.1, 0.15) is 5.82 Å². The lowest BCUT2D eigenvalue weighted by Crippen LogP contribution is -2.50. The summed E-state index contributed by atoms with van der Waals surface area (Å²) < 4.78 is 41.4. The van der Waals surface area contributed by atoms with Gasteiger partial charge in [0.05, 0.1) is 17.4 Å². The number of sulfonamides is 1. The molecule has 144 valence electrons. The minimum absolute atomic E-state index is 0.0347. The van der Waals surface area contributed by atoms with Crippen LogP contribution in [0, 0.1) is 11.7 Å². The van der Waals surface area contributed by atoms with E-state index in [0.717, 1.165) is 19.3 Å². The monoisotopic (exact) mass is 383 g/mol. The normalized spacial score (nSPS) is 21.2. The molecular formula is C18H26FN3O3S. The van der Waals surface area contributed by atoms with Crippen LogP contribution in [0.15, 0.2) is 18.2 Å². The van der Waals surface area contributed by atoms with Gasteiger partial charge < -0.3 is 10.6 Å². The third-order valence-electron chi connectivity index (χ3n) is 5.20. The minimum atomic E-state index is -3.52. The van der Waals surface area contributed by atoms with Crippen LogP contribution in [0.5, 0.6) is 0 Å². The van der Waals surface area contributed by atoms with E-state index in [2.05, 4.69) is 10.6 Å². The third-order valence-corrected chi connectivity index (χ3v) is 7.25.